The summed E-state index contributed by atoms with van der Waals surface area (Å²) in [5, 5.41) is 0.475. The summed E-state index contributed by atoms with van der Waals surface area (Å²) in [6.07, 6.45) is 0. The molecular formula is C13H18ClN3OS. The van der Waals surface area contributed by atoms with Gasteiger partial charge in [-0.15, -0.1) is 0 Å². The van der Waals surface area contributed by atoms with Gasteiger partial charge in [0.05, 0.1) is 17.1 Å². The number of hydrogen-bond acceptors (Lipinski definition) is 3. The van der Waals surface area contributed by atoms with Crippen molar-refractivity contribution >= 4 is 40.4 Å². The molecule has 0 radical (unpaired) electrons. The van der Waals surface area contributed by atoms with Crippen LogP contribution < -0.4 is 16.4 Å². The van der Waals surface area contributed by atoms with Crippen molar-refractivity contribution in [3.05, 3.63) is 28.8 Å². The number of carbonyl (C=O) groups is 1. The monoisotopic (exact) mass is 299 g/mol. The largest absolute Gasteiger partial charge is 0.389 e. The van der Waals surface area contributed by atoms with Crippen molar-refractivity contribution in [3.8, 4) is 0 Å². The Morgan fingerprint density at radius 1 is 1.42 bits per heavy atom. The highest BCUT2D eigenvalue weighted by Crippen LogP contribution is 2.28. The molecule has 0 unspecified atom stereocenters. The zero-order chi connectivity index (χ0) is 14.6. The van der Waals surface area contributed by atoms with Gasteiger partial charge in [0, 0.05) is 12.2 Å². The molecule has 0 bridgehead atoms. The summed E-state index contributed by atoms with van der Waals surface area (Å²) in [5.41, 5.74) is 12.3. The molecule has 4 nitrogen and oxygen atoms in total. The standard InChI is InChI=1S/C13H18ClN3OS/c1-8(2)6-17(7-11(15)18)10-5-3-4-9(14)12(10)13(16)19/h3-5,8H,6-7H2,1-2H3,(H2,15,18)(H2,16,19). The molecule has 1 rings (SSSR count). The van der Waals surface area contributed by atoms with Gasteiger partial charge in [-0.2, -0.15) is 0 Å². The maximum atomic E-state index is 11.2. The summed E-state index contributed by atoms with van der Waals surface area (Å²) >= 11 is 11.2. The first kappa shape index (κ1) is 15.7. The number of rotatable bonds is 6. The van der Waals surface area contributed by atoms with E-state index in [4.69, 9.17) is 35.3 Å². The van der Waals surface area contributed by atoms with Crippen molar-refractivity contribution < 1.29 is 4.79 Å². The predicted octanol–water partition coefficient (Wildman–Crippen LogP) is 1.92. The maximum absolute atomic E-state index is 11.2. The average Bonchev–Trinajstić information content (AvgIpc) is 2.25. The molecule has 0 saturated heterocycles. The van der Waals surface area contributed by atoms with E-state index in [2.05, 4.69) is 13.8 Å². The lowest BCUT2D eigenvalue weighted by atomic mass is 10.1. The van der Waals surface area contributed by atoms with Gasteiger partial charge in [0.15, 0.2) is 0 Å². The van der Waals surface area contributed by atoms with E-state index in [0.717, 1.165) is 5.69 Å². The Hall–Kier alpha value is -1.33. The molecule has 0 aliphatic carbocycles. The van der Waals surface area contributed by atoms with Crippen LogP contribution in [0, 0.1) is 5.92 Å². The molecule has 0 aromatic heterocycles. The van der Waals surface area contributed by atoms with Crippen molar-refractivity contribution in [1.82, 2.24) is 0 Å². The van der Waals surface area contributed by atoms with Crippen molar-refractivity contribution in [2.24, 2.45) is 17.4 Å². The second-order valence-electron chi connectivity index (χ2n) is 4.74. The van der Waals surface area contributed by atoms with Crippen LogP contribution in [0.15, 0.2) is 18.2 Å². The molecule has 1 amide bonds. The topological polar surface area (TPSA) is 72.3 Å². The Kier molecular flexibility index (Phi) is 5.57. The van der Waals surface area contributed by atoms with Gasteiger partial charge in [-0.05, 0) is 18.1 Å². The molecule has 0 fully saturated rings. The number of nitrogens with zero attached hydrogens (tertiary/aromatic N) is 1. The summed E-state index contributed by atoms with van der Waals surface area (Å²) in [6, 6.07) is 5.36. The summed E-state index contributed by atoms with van der Waals surface area (Å²) < 4.78 is 0. The molecule has 0 spiro atoms. The van der Waals surface area contributed by atoms with E-state index < -0.39 is 5.91 Å². The molecule has 1 aromatic carbocycles. The maximum Gasteiger partial charge on any atom is 0.236 e. The second kappa shape index (κ2) is 6.73. The fraction of sp³-hybridized carbons (Fsp3) is 0.385. The van der Waals surface area contributed by atoms with Crippen molar-refractivity contribution in [3.63, 3.8) is 0 Å². The molecule has 104 valence electrons. The van der Waals surface area contributed by atoms with Crippen molar-refractivity contribution in [2.75, 3.05) is 18.0 Å². The van der Waals surface area contributed by atoms with Gasteiger partial charge in [-0.1, -0.05) is 43.7 Å². The van der Waals surface area contributed by atoms with E-state index in [1.54, 1.807) is 12.1 Å². The van der Waals surface area contributed by atoms with Crippen LogP contribution in [0.3, 0.4) is 0 Å². The highest BCUT2D eigenvalue weighted by Gasteiger charge is 2.18. The minimum atomic E-state index is -0.408. The van der Waals surface area contributed by atoms with Crippen LogP contribution in [0.5, 0.6) is 0 Å². The van der Waals surface area contributed by atoms with E-state index in [-0.39, 0.29) is 11.5 Å². The van der Waals surface area contributed by atoms with Gasteiger partial charge in [0.25, 0.3) is 0 Å². The number of halogens is 1. The predicted molar refractivity (Wildman–Crippen MR) is 83.6 cm³/mol. The van der Waals surface area contributed by atoms with Crippen molar-refractivity contribution in [2.45, 2.75) is 13.8 Å². The SMILES string of the molecule is CC(C)CN(CC(N)=O)c1cccc(Cl)c1C(N)=S. The molecule has 0 atom stereocenters. The Morgan fingerprint density at radius 3 is 2.53 bits per heavy atom. The molecule has 4 N–H and O–H groups in total. The Bertz CT molecular complexity index is 491. The van der Waals surface area contributed by atoms with Crippen LogP contribution in [0.2, 0.25) is 5.02 Å². The van der Waals surface area contributed by atoms with Gasteiger partial charge in [0.2, 0.25) is 5.91 Å². The molecule has 6 heteroatoms. The molecule has 0 aliphatic heterocycles. The average molecular weight is 300 g/mol. The first-order valence-corrected chi connectivity index (χ1v) is 6.73. The van der Waals surface area contributed by atoms with E-state index in [9.17, 15) is 4.79 Å². The van der Waals surface area contributed by atoms with E-state index in [0.29, 0.717) is 23.0 Å². The number of carbonyl (C=O) groups excluding carboxylic acids is 1. The second-order valence-corrected chi connectivity index (χ2v) is 5.59. The minimum absolute atomic E-state index is 0.105. The fourth-order valence-corrected chi connectivity index (χ4v) is 2.44. The summed E-state index contributed by atoms with van der Waals surface area (Å²) in [4.78, 5) is 13.3. The molecule has 1 aromatic rings. The lowest BCUT2D eigenvalue weighted by molar-refractivity contribution is -0.116. The van der Waals surface area contributed by atoms with Crippen LogP contribution in [0.4, 0.5) is 5.69 Å². The van der Waals surface area contributed by atoms with Crippen LogP contribution in [0.1, 0.15) is 19.4 Å². The highest BCUT2D eigenvalue weighted by atomic mass is 35.5. The number of amides is 1. The molecule has 19 heavy (non-hydrogen) atoms. The summed E-state index contributed by atoms with van der Waals surface area (Å²) in [6.45, 7) is 4.88. The number of hydrogen-bond donors (Lipinski definition) is 2. The van der Waals surface area contributed by atoms with Gasteiger partial charge >= 0.3 is 0 Å². The zero-order valence-corrected chi connectivity index (χ0v) is 12.6. The molecule has 0 aliphatic rings. The lowest BCUT2D eigenvalue weighted by Gasteiger charge is -2.27. The van der Waals surface area contributed by atoms with Gasteiger partial charge in [-0.25, -0.2) is 0 Å². The smallest absolute Gasteiger partial charge is 0.236 e. The lowest BCUT2D eigenvalue weighted by Crippen LogP contribution is -2.37. The first-order valence-electron chi connectivity index (χ1n) is 5.94. The first-order chi connectivity index (χ1) is 8.82. The third-order valence-corrected chi connectivity index (χ3v) is 3.03. The summed E-state index contributed by atoms with van der Waals surface area (Å²) in [7, 11) is 0. The van der Waals surface area contributed by atoms with Crippen LogP contribution in [-0.4, -0.2) is 24.0 Å². The Labute approximate surface area is 123 Å². The van der Waals surface area contributed by atoms with Gasteiger partial charge in [-0.3, -0.25) is 4.79 Å². The highest BCUT2D eigenvalue weighted by molar-refractivity contribution is 7.80. The molecular weight excluding hydrogens is 282 g/mol. The van der Waals surface area contributed by atoms with E-state index >= 15 is 0 Å². The minimum Gasteiger partial charge on any atom is -0.389 e. The number of primary amides is 1. The third-order valence-electron chi connectivity index (χ3n) is 2.51. The Morgan fingerprint density at radius 2 is 2.05 bits per heavy atom. The number of nitrogens with two attached hydrogens (primary N) is 2. The number of anilines is 1. The van der Waals surface area contributed by atoms with E-state index in [1.165, 1.54) is 0 Å². The number of thiocarbonyl (C=S) groups is 1. The summed E-state index contributed by atoms with van der Waals surface area (Å²) in [5.74, 6) is -0.0490. The fourth-order valence-electron chi connectivity index (χ4n) is 1.90. The van der Waals surface area contributed by atoms with Crippen LogP contribution in [-0.2, 0) is 4.79 Å². The van der Waals surface area contributed by atoms with Crippen LogP contribution in [0.25, 0.3) is 0 Å². The molecule has 0 heterocycles. The molecule has 0 saturated carbocycles. The number of benzene rings is 1. The van der Waals surface area contributed by atoms with Crippen LogP contribution >= 0.6 is 23.8 Å². The van der Waals surface area contributed by atoms with E-state index in [1.807, 2.05) is 11.0 Å². The van der Waals surface area contributed by atoms with Crippen molar-refractivity contribution in [1.29, 1.82) is 0 Å². The normalized spacial score (nSPS) is 10.5. The van der Waals surface area contributed by atoms with Gasteiger partial charge in [0.1, 0.15) is 4.99 Å². The zero-order valence-electron chi connectivity index (χ0n) is 11.0. The Balaban J connectivity index is 3.24. The van der Waals surface area contributed by atoms with Gasteiger partial charge < -0.3 is 16.4 Å². The third kappa shape index (κ3) is 4.36. The quantitative estimate of drug-likeness (QED) is 0.787.